The van der Waals surface area contributed by atoms with Gasteiger partial charge in [-0.05, 0) is 49.4 Å². The summed E-state index contributed by atoms with van der Waals surface area (Å²) in [6, 6.07) is 8.84. The zero-order chi connectivity index (χ0) is 11.1. The minimum atomic E-state index is 0.148. The summed E-state index contributed by atoms with van der Waals surface area (Å²) < 4.78 is 0. The molecule has 0 radical (unpaired) electrons. The quantitative estimate of drug-likeness (QED) is 0.585. The number of anilines is 1. The van der Waals surface area contributed by atoms with Crippen LogP contribution in [0.3, 0.4) is 0 Å². The molecule has 0 amide bonds. The molecular formula is C13H17N3. The van der Waals surface area contributed by atoms with E-state index in [2.05, 4.69) is 17.0 Å². The van der Waals surface area contributed by atoms with Crippen LogP contribution in [0.4, 0.5) is 5.69 Å². The van der Waals surface area contributed by atoms with Gasteiger partial charge in [0.25, 0.3) is 0 Å². The lowest BCUT2D eigenvalue weighted by molar-refractivity contribution is 0.553. The van der Waals surface area contributed by atoms with Gasteiger partial charge < -0.3 is 10.6 Å². The Morgan fingerprint density at radius 3 is 2.50 bits per heavy atom. The van der Waals surface area contributed by atoms with Gasteiger partial charge >= 0.3 is 0 Å². The molecule has 84 valence electrons. The van der Waals surface area contributed by atoms with E-state index < -0.39 is 0 Å². The number of piperidine rings is 1. The minimum Gasteiger partial charge on any atom is -0.384 e. The molecule has 1 aliphatic carbocycles. The Labute approximate surface area is 95.8 Å². The molecule has 1 saturated heterocycles. The summed E-state index contributed by atoms with van der Waals surface area (Å²) in [5.41, 5.74) is 7.55. The normalized spacial score (nSPS) is 27.4. The predicted molar refractivity (Wildman–Crippen MR) is 65.9 cm³/mol. The maximum absolute atomic E-state index is 7.36. The average molecular weight is 215 g/mol. The molecule has 1 heterocycles. The third-order valence-electron chi connectivity index (χ3n) is 3.92. The van der Waals surface area contributed by atoms with Crippen LogP contribution in [0.2, 0.25) is 0 Å². The molecule has 3 nitrogen and oxygen atoms in total. The molecule has 16 heavy (non-hydrogen) atoms. The van der Waals surface area contributed by atoms with Gasteiger partial charge in [0, 0.05) is 23.8 Å². The molecule has 3 rings (SSSR count). The van der Waals surface area contributed by atoms with E-state index >= 15 is 0 Å². The summed E-state index contributed by atoms with van der Waals surface area (Å²) in [5.74, 6) is 1.06. The van der Waals surface area contributed by atoms with Crippen molar-refractivity contribution in [3.05, 3.63) is 29.8 Å². The standard InChI is InChI=1S/C13H17N3/c14-13(15)10-2-5-11(6-3-10)16-8-9-1-4-12(16)7-9/h2-3,5-6,9,12H,1,4,7-8H2,(H3,14,15). The molecule has 3 N–H and O–H groups in total. The first-order valence-electron chi connectivity index (χ1n) is 5.95. The van der Waals surface area contributed by atoms with Crippen molar-refractivity contribution in [1.29, 1.82) is 5.41 Å². The average Bonchev–Trinajstić information content (AvgIpc) is 2.91. The number of fused-ring (bicyclic) bond motifs is 2. The molecule has 3 heteroatoms. The molecule has 0 aromatic heterocycles. The Morgan fingerprint density at radius 2 is 2.00 bits per heavy atom. The van der Waals surface area contributed by atoms with Crippen LogP contribution in [0.5, 0.6) is 0 Å². The molecule has 2 aliphatic rings. The molecular weight excluding hydrogens is 198 g/mol. The number of nitrogen functional groups attached to an aromatic ring is 1. The highest BCUT2D eigenvalue weighted by Gasteiger charge is 2.37. The van der Waals surface area contributed by atoms with E-state index in [0.717, 1.165) is 17.5 Å². The van der Waals surface area contributed by atoms with E-state index in [1.807, 2.05) is 12.1 Å². The minimum absolute atomic E-state index is 0.148. The molecule has 1 saturated carbocycles. The van der Waals surface area contributed by atoms with Crippen LogP contribution in [0.15, 0.2) is 24.3 Å². The van der Waals surface area contributed by atoms with E-state index in [4.69, 9.17) is 11.1 Å². The Morgan fingerprint density at radius 1 is 1.25 bits per heavy atom. The van der Waals surface area contributed by atoms with Crippen molar-refractivity contribution < 1.29 is 0 Å². The van der Waals surface area contributed by atoms with E-state index in [9.17, 15) is 0 Å². The molecule has 2 atom stereocenters. The van der Waals surface area contributed by atoms with Crippen molar-refractivity contribution in [3.8, 4) is 0 Å². The highest BCUT2D eigenvalue weighted by atomic mass is 15.2. The lowest BCUT2D eigenvalue weighted by Gasteiger charge is -2.29. The van der Waals surface area contributed by atoms with E-state index in [-0.39, 0.29) is 5.84 Å². The lowest BCUT2D eigenvalue weighted by Crippen LogP contribution is -2.31. The van der Waals surface area contributed by atoms with Crippen molar-refractivity contribution in [2.45, 2.75) is 25.3 Å². The largest absolute Gasteiger partial charge is 0.384 e. The SMILES string of the molecule is N=C(N)c1ccc(N2CC3CCC2C3)cc1. The van der Waals surface area contributed by atoms with Crippen LogP contribution < -0.4 is 10.6 Å². The van der Waals surface area contributed by atoms with E-state index in [1.54, 1.807) is 0 Å². The first-order valence-corrected chi connectivity index (χ1v) is 5.95. The molecule has 1 aromatic carbocycles. The Bertz CT molecular complexity index is 410. The van der Waals surface area contributed by atoms with Crippen LogP contribution in [0, 0.1) is 11.3 Å². The zero-order valence-corrected chi connectivity index (χ0v) is 9.32. The number of hydrogen-bond donors (Lipinski definition) is 2. The Hall–Kier alpha value is -1.51. The number of nitrogens with two attached hydrogens (primary N) is 1. The molecule has 2 fully saturated rings. The fourth-order valence-electron chi connectivity index (χ4n) is 3.07. The topological polar surface area (TPSA) is 53.1 Å². The summed E-state index contributed by atoms with van der Waals surface area (Å²) in [4.78, 5) is 2.51. The monoisotopic (exact) mass is 215 g/mol. The molecule has 2 bridgehead atoms. The Kier molecular flexibility index (Phi) is 2.13. The lowest BCUT2D eigenvalue weighted by atomic mass is 10.1. The molecule has 1 aromatic rings. The summed E-state index contributed by atoms with van der Waals surface area (Å²) >= 11 is 0. The fraction of sp³-hybridized carbons (Fsp3) is 0.462. The highest BCUT2D eigenvalue weighted by Crippen LogP contribution is 2.39. The Balaban J connectivity index is 1.82. The molecule has 1 aliphatic heterocycles. The summed E-state index contributed by atoms with van der Waals surface area (Å²) in [6.45, 7) is 1.21. The van der Waals surface area contributed by atoms with Crippen LogP contribution >= 0.6 is 0 Å². The first-order chi connectivity index (χ1) is 7.74. The van der Waals surface area contributed by atoms with E-state index in [0.29, 0.717) is 0 Å². The van der Waals surface area contributed by atoms with Gasteiger partial charge in [0.1, 0.15) is 5.84 Å². The van der Waals surface area contributed by atoms with Gasteiger partial charge in [-0.3, -0.25) is 5.41 Å². The summed E-state index contributed by atoms with van der Waals surface area (Å²) in [7, 11) is 0. The van der Waals surface area contributed by atoms with Crippen molar-refractivity contribution in [2.75, 3.05) is 11.4 Å². The van der Waals surface area contributed by atoms with Crippen LogP contribution in [-0.4, -0.2) is 18.4 Å². The summed E-state index contributed by atoms with van der Waals surface area (Å²) in [6.07, 6.45) is 4.13. The van der Waals surface area contributed by atoms with Crippen molar-refractivity contribution in [1.82, 2.24) is 0 Å². The van der Waals surface area contributed by atoms with Gasteiger partial charge in [0.2, 0.25) is 0 Å². The van der Waals surface area contributed by atoms with Crippen LogP contribution in [-0.2, 0) is 0 Å². The third-order valence-corrected chi connectivity index (χ3v) is 3.92. The van der Waals surface area contributed by atoms with Crippen molar-refractivity contribution in [2.24, 2.45) is 11.7 Å². The maximum atomic E-state index is 7.36. The van der Waals surface area contributed by atoms with Gasteiger partial charge in [0.05, 0.1) is 0 Å². The van der Waals surface area contributed by atoms with Gasteiger partial charge in [-0.25, -0.2) is 0 Å². The number of nitrogens with zero attached hydrogens (tertiary/aromatic N) is 1. The highest BCUT2D eigenvalue weighted by molar-refractivity contribution is 5.95. The number of amidine groups is 1. The number of hydrogen-bond acceptors (Lipinski definition) is 2. The van der Waals surface area contributed by atoms with E-state index in [1.165, 1.54) is 31.5 Å². The second-order valence-electron chi connectivity index (χ2n) is 4.95. The predicted octanol–water partition coefficient (Wildman–Crippen LogP) is 1.96. The summed E-state index contributed by atoms with van der Waals surface area (Å²) in [5, 5.41) is 7.36. The smallest absolute Gasteiger partial charge is 0.122 e. The number of rotatable bonds is 2. The van der Waals surface area contributed by atoms with Crippen molar-refractivity contribution >= 4 is 11.5 Å². The van der Waals surface area contributed by atoms with Crippen LogP contribution in [0.1, 0.15) is 24.8 Å². The van der Waals surface area contributed by atoms with Gasteiger partial charge in [-0.2, -0.15) is 0 Å². The van der Waals surface area contributed by atoms with Crippen LogP contribution in [0.25, 0.3) is 0 Å². The second-order valence-corrected chi connectivity index (χ2v) is 4.95. The number of benzene rings is 1. The van der Waals surface area contributed by atoms with Gasteiger partial charge in [0.15, 0.2) is 0 Å². The number of nitrogens with one attached hydrogen (secondary N) is 1. The maximum Gasteiger partial charge on any atom is 0.122 e. The zero-order valence-electron chi connectivity index (χ0n) is 9.32. The van der Waals surface area contributed by atoms with Crippen molar-refractivity contribution in [3.63, 3.8) is 0 Å². The third kappa shape index (κ3) is 1.47. The molecule has 2 unspecified atom stereocenters. The van der Waals surface area contributed by atoms with Gasteiger partial charge in [-0.1, -0.05) is 0 Å². The second kappa shape index (κ2) is 3.51. The first kappa shape index (κ1) is 9.70. The van der Waals surface area contributed by atoms with Gasteiger partial charge in [-0.15, -0.1) is 0 Å². The fourth-order valence-corrected chi connectivity index (χ4v) is 3.07. The molecule has 0 spiro atoms.